The molecule has 0 saturated carbocycles. The number of aromatic nitrogens is 1. The maximum absolute atomic E-state index is 13.3. The molecule has 7 nitrogen and oxygen atoms in total. The standard InChI is InChI=1S/C21H18N2O5S/c1-22-20-19(29-21(22)25)15(12-6-7-16-17(8-12)28-11-27-16)10-18(24)23(20)13-4-3-5-14(9-13)26-2/h3-9,15H,10-11H2,1-2H3/t15-/m1/s1. The molecule has 2 aromatic carbocycles. The molecular formula is C21H18N2O5S. The Morgan fingerprint density at radius 2 is 1.93 bits per heavy atom. The van der Waals surface area contributed by atoms with Gasteiger partial charge in [0.1, 0.15) is 11.6 Å². The zero-order valence-corrected chi connectivity index (χ0v) is 16.7. The van der Waals surface area contributed by atoms with Crippen molar-refractivity contribution in [3.63, 3.8) is 0 Å². The molecule has 0 N–H and O–H groups in total. The van der Waals surface area contributed by atoms with Gasteiger partial charge in [-0.05, 0) is 29.8 Å². The molecule has 0 saturated heterocycles. The Balaban J connectivity index is 1.65. The first-order chi connectivity index (χ1) is 14.1. The Hall–Kier alpha value is -3.26. The van der Waals surface area contributed by atoms with Gasteiger partial charge < -0.3 is 14.2 Å². The molecule has 3 aromatic rings. The molecule has 0 aliphatic carbocycles. The van der Waals surface area contributed by atoms with E-state index >= 15 is 0 Å². The number of carbonyl (C=O) groups excluding carboxylic acids is 1. The molecule has 148 valence electrons. The van der Waals surface area contributed by atoms with Crippen molar-refractivity contribution in [1.29, 1.82) is 0 Å². The molecule has 0 bridgehead atoms. The zero-order chi connectivity index (χ0) is 20.1. The number of hydrogen-bond donors (Lipinski definition) is 0. The number of rotatable bonds is 3. The smallest absolute Gasteiger partial charge is 0.308 e. The summed E-state index contributed by atoms with van der Waals surface area (Å²) in [5, 5.41) is 0. The van der Waals surface area contributed by atoms with Gasteiger partial charge in [0, 0.05) is 25.5 Å². The number of fused-ring (bicyclic) bond motifs is 2. The first-order valence-corrected chi connectivity index (χ1v) is 9.94. The average molecular weight is 410 g/mol. The van der Waals surface area contributed by atoms with E-state index in [4.69, 9.17) is 14.2 Å². The number of hydrogen-bond acceptors (Lipinski definition) is 6. The fraction of sp³-hybridized carbons (Fsp3) is 0.238. The molecule has 3 heterocycles. The molecule has 0 radical (unpaired) electrons. The number of anilines is 2. The third-order valence-corrected chi connectivity index (χ3v) is 6.41. The van der Waals surface area contributed by atoms with Crippen LogP contribution in [0, 0.1) is 0 Å². The first kappa shape index (κ1) is 17.8. The summed E-state index contributed by atoms with van der Waals surface area (Å²) >= 11 is 1.17. The van der Waals surface area contributed by atoms with Crippen molar-refractivity contribution in [2.24, 2.45) is 7.05 Å². The van der Waals surface area contributed by atoms with Gasteiger partial charge in [0.05, 0.1) is 17.7 Å². The zero-order valence-electron chi connectivity index (χ0n) is 15.9. The van der Waals surface area contributed by atoms with Crippen molar-refractivity contribution in [1.82, 2.24) is 4.57 Å². The van der Waals surface area contributed by atoms with Crippen molar-refractivity contribution in [2.45, 2.75) is 12.3 Å². The van der Waals surface area contributed by atoms with Gasteiger partial charge in [0.25, 0.3) is 0 Å². The van der Waals surface area contributed by atoms with E-state index in [0.29, 0.717) is 28.8 Å². The predicted octanol–water partition coefficient (Wildman–Crippen LogP) is 3.38. The van der Waals surface area contributed by atoms with Gasteiger partial charge in [-0.1, -0.05) is 23.5 Å². The third-order valence-electron chi connectivity index (χ3n) is 5.28. The Labute approximate surface area is 170 Å². The number of nitrogens with zero attached hydrogens (tertiary/aromatic N) is 2. The summed E-state index contributed by atoms with van der Waals surface area (Å²) in [6.45, 7) is 0.190. The molecule has 1 atom stereocenters. The van der Waals surface area contributed by atoms with Crippen LogP contribution < -0.4 is 24.0 Å². The summed E-state index contributed by atoms with van der Waals surface area (Å²) in [5.74, 6) is 2.31. The molecule has 29 heavy (non-hydrogen) atoms. The van der Waals surface area contributed by atoms with E-state index < -0.39 is 0 Å². The summed E-state index contributed by atoms with van der Waals surface area (Å²) in [4.78, 5) is 28.2. The summed E-state index contributed by atoms with van der Waals surface area (Å²) in [7, 11) is 3.28. The number of ether oxygens (including phenoxy) is 3. The van der Waals surface area contributed by atoms with Crippen molar-refractivity contribution >= 4 is 28.7 Å². The molecule has 0 spiro atoms. The number of amides is 1. The van der Waals surface area contributed by atoms with Crippen LogP contribution in [0.15, 0.2) is 47.3 Å². The number of benzene rings is 2. The average Bonchev–Trinajstić information content (AvgIpc) is 3.32. The topological polar surface area (TPSA) is 70.0 Å². The van der Waals surface area contributed by atoms with E-state index in [0.717, 1.165) is 10.4 Å². The minimum atomic E-state index is -0.215. The number of carbonyl (C=O) groups is 1. The molecule has 8 heteroatoms. The molecule has 5 rings (SSSR count). The predicted molar refractivity (Wildman–Crippen MR) is 109 cm³/mol. The quantitative estimate of drug-likeness (QED) is 0.662. The summed E-state index contributed by atoms with van der Waals surface area (Å²) in [5.41, 5.74) is 1.60. The van der Waals surface area contributed by atoms with Crippen molar-refractivity contribution in [3.8, 4) is 17.2 Å². The Morgan fingerprint density at radius 1 is 1.10 bits per heavy atom. The highest BCUT2D eigenvalue weighted by Crippen LogP contribution is 2.46. The van der Waals surface area contributed by atoms with Crippen molar-refractivity contribution in [3.05, 3.63) is 62.6 Å². The van der Waals surface area contributed by atoms with Gasteiger partial charge in [-0.25, -0.2) is 0 Å². The summed E-state index contributed by atoms with van der Waals surface area (Å²) < 4.78 is 17.7. The second kappa shape index (κ2) is 6.66. The van der Waals surface area contributed by atoms with E-state index in [1.807, 2.05) is 36.4 Å². The van der Waals surface area contributed by atoms with E-state index in [9.17, 15) is 9.59 Å². The SMILES string of the molecule is COc1cccc(N2C(=O)C[C@H](c3ccc4c(c3)OCO4)c3sc(=O)n(C)c32)c1. The van der Waals surface area contributed by atoms with Crippen LogP contribution in [-0.4, -0.2) is 24.4 Å². The first-order valence-electron chi connectivity index (χ1n) is 9.13. The van der Waals surface area contributed by atoms with Gasteiger partial charge in [0.15, 0.2) is 11.5 Å². The number of methoxy groups -OCH3 is 1. The Morgan fingerprint density at radius 3 is 2.76 bits per heavy atom. The fourth-order valence-electron chi connectivity index (χ4n) is 3.84. The Kier molecular flexibility index (Phi) is 4.09. The molecule has 2 aliphatic heterocycles. The molecular weight excluding hydrogens is 392 g/mol. The largest absolute Gasteiger partial charge is 0.497 e. The van der Waals surface area contributed by atoms with Crippen molar-refractivity contribution in [2.75, 3.05) is 18.8 Å². The summed E-state index contributed by atoms with van der Waals surface area (Å²) in [6, 6.07) is 13.0. The molecule has 1 amide bonds. The van der Waals surface area contributed by atoms with Gasteiger partial charge in [-0.3, -0.25) is 19.1 Å². The van der Waals surface area contributed by atoms with E-state index in [2.05, 4.69) is 0 Å². The fourth-order valence-corrected chi connectivity index (χ4v) is 4.93. The van der Waals surface area contributed by atoms with Crippen LogP contribution in [0.4, 0.5) is 11.5 Å². The lowest BCUT2D eigenvalue weighted by Crippen LogP contribution is -2.34. The van der Waals surface area contributed by atoms with Crippen LogP contribution >= 0.6 is 11.3 Å². The highest BCUT2D eigenvalue weighted by atomic mass is 32.1. The van der Waals surface area contributed by atoms with Gasteiger partial charge >= 0.3 is 4.87 Å². The van der Waals surface area contributed by atoms with Gasteiger partial charge in [-0.15, -0.1) is 0 Å². The third kappa shape index (κ3) is 2.79. The van der Waals surface area contributed by atoms with Crippen LogP contribution in [-0.2, 0) is 11.8 Å². The lowest BCUT2D eigenvalue weighted by Gasteiger charge is -2.32. The normalized spacial score (nSPS) is 17.4. The molecule has 0 fully saturated rings. The van der Waals surface area contributed by atoms with Crippen molar-refractivity contribution < 1.29 is 19.0 Å². The van der Waals surface area contributed by atoms with Crippen LogP contribution in [0.25, 0.3) is 0 Å². The van der Waals surface area contributed by atoms with Crippen LogP contribution in [0.1, 0.15) is 22.8 Å². The lowest BCUT2D eigenvalue weighted by molar-refractivity contribution is -0.118. The highest BCUT2D eigenvalue weighted by molar-refractivity contribution is 7.10. The van der Waals surface area contributed by atoms with Crippen LogP contribution in [0.3, 0.4) is 0 Å². The maximum Gasteiger partial charge on any atom is 0.308 e. The van der Waals surface area contributed by atoms with E-state index in [-0.39, 0.29) is 29.9 Å². The second-order valence-electron chi connectivity index (χ2n) is 6.91. The minimum Gasteiger partial charge on any atom is -0.497 e. The molecule has 2 aliphatic rings. The second-order valence-corrected chi connectivity index (χ2v) is 7.91. The lowest BCUT2D eigenvalue weighted by atomic mass is 9.90. The van der Waals surface area contributed by atoms with Crippen LogP contribution in [0.2, 0.25) is 0 Å². The maximum atomic E-state index is 13.3. The van der Waals surface area contributed by atoms with Crippen LogP contribution in [0.5, 0.6) is 17.2 Å². The van der Waals surface area contributed by atoms with E-state index in [1.54, 1.807) is 25.1 Å². The summed E-state index contributed by atoms with van der Waals surface area (Å²) in [6.07, 6.45) is 0.254. The molecule has 0 unspecified atom stereocenters. The number of thiazole rings is 1. The minimum absolute atomic E-state index is 0.0816. The Bertz CT molecular complexity index is 1180. The molecule has 1 aromatic heterocycles. The highest BCUT2D eigenvalue weighted by Gasteiger charge is 2.38. The van der Waals surface area contributed by atoms with Gasteiger partial charge in [0.2, 0.25) is 12.7 Å². The van der Waals surface area contributed by atoms with E-state index in [1.165, 1.54) is 15.9 Å². The van der Waals surface area contributed by atoms with Gasteiger partial charge in [-0.2, -0.15) is 0 Å². The monoisotopic (exact) mass is 410 g/mol.